The van der Waals surface area contributed by atoms with Crippen LogP contribution in [0.1, 0.15) is 19.3 Å². The van der Waals surface area contributed by atoms with E-state index in [1.54, 1.807) is 0 Å². The third-order valence-corrected chi connectivity index (χ3v) is 3.34. The van der Waals surface area contributed by atoms with Crippen molar-refractivity contribution >= 4 is 9.84 Å². The summed E-state index contributed by atoms with van der Waals surface area (Å²) in [5.74, 6) is 0. The molecule has 0 aliphatic heterocycles. The molecule has 1 rings (SSSR count). The quantitative estimate of drug-likeness (QED) is 0.526. The van der Waals surface area contributed by atoms with Crippen molar-refractivity contribution in [1.29, 1.82) is 0 Å². The van der Waals surface area contributed by atoms with Gasteiger partial charge in [-0.2, -0.15) is 0 Å². The molecule has 0 aromatic rings. The molecule has 2 nitrogen and oxygen atoms in total. The van der Waals surface area contributed by atoms with Crippen LogP contribution in [-0.4, -0.2) is 19.9 Å². The number of hydrogen-bond acceptors (Lipinski definition) is 2. The molecule has 1 saturated carbocycles. The van der Waals surface area contributed by atoms with E-state index in [9.17, 15) is 8.42 Å². The van der Waals surface area contributed by atoms with Gasteiger partial charge < -0.3 is 0 Å². The fourth-order valence-corrected chi connectivity index (χ4v) is 1.99. The summed E-state index contributed by atoms with van der Waals surface area (Å²) in [4.78, 5) is 0. The van der Waals surface area contributed by atoms with Gasteiger partial charge in [0.05, 0.1) is 5.25 Å². The first-order valence-electron chi connectivity index (χ1n) is 2.79. The van der Waals surface area contributed by atoms with Gasteiger partial charge in [-0.1, -0.05) is 6.42 Å². The Morgan fingerprint density at radius 3 is 1.88 bits per heavy atom. The van der Waals surface area contributed by atoms with Crippen LogP contribution >= 0.6 is 0 Å². The van der Waals surface area contributed by atoms with Crippen LogP contribution in [0, 0.1) is 0 Å². The van der Waals surface area contributed by atoms with Crippen LogP contribution in [0.5, 0.6) is 0 Å². The van der Waals surface area contributed by atoms with Crippen LogP contribution in [-0.2, 0) is 9.84 Å². The monoisotopic (exact) mass is 134 g/mol. The Balaban J connectivity index is 2.60. The molecule has 0 aromatic heterocycles. The minimum Gasteiger partial charge on any atom is -0.229 e. The van der Waals surface area contributed by atoms with Gasteiger partial charge in [-0.15, -0.1) is 0 Å². The second-order valence-electron chi connectivity index (χ2n) is 2.38. The molecule has 0 heterocycles. The van der Waals surface area contributed by atoms with Gasteiger partial charge in [-0.25, -0.2) is 8.42 Å². The predicted molar refractivity (Wildman–Crippen MR) is 32.5 cm³/mol. The van der Waals surface area contributed by atoms with Crippen LogP contribution in [0.25, 0.3) is 0 Å². The zero-order valence-corrected chi connectivity index (χ0v) is 5.74. The highest BCUT2D eigenvalue weighted by Gasteiger charge is 2.26. The minimum atomic E-state index is -2.67. The highest BCUT2D eigenvalue weighted by Crippen LogP contribution is 2.24. The summed E-state index contributed by atoms with van der Waals surface area (Å²) in [7, 11) is -2.67. The molecule has 0 radical (unpaired) electrons. The Bertz CT molecular complexity index is 165. The molecule has 0 spiro atoms. The molecule has 0 bridgehead atoms. The van der Waals surface area contributed by atoms with E-state index < -0.39 is 9.84 Å². The van der Waals surface area contributed by atoms with Crippen LogP contribution in [0.3, 0.4) is 0 Å². The van der Waals surface area contributed by atoms with Crippen LogP contribution in [0.2, 0.25) is 0 Å². The third kappa shape index (κ3) is 1.02. The lowest BCUT2D eigenvalue weighted by Gasteiger charge is -2.22. The van der Waals surface area contributed by atoms with E-state index in [2.05, 4.69) is 0 Å². The highest BCUT2D eigenvalue weighted by molar-refractivity contribution is 7.91. The molecule has 3 heteroatoms. The topological polar surface area (TPSA) is 34.1 Å². The minimum absolute atomic E-state index is 0.00231. The summed E-state index contributed by atoms with van der Waals surface area (Å²) in [6, 6.07) is 0. The SMILES string of the molecule is CS(=O)(=O)C1CCC1. The van der Waals surface area contributed by atoms with Gasteiger partial charge in [0.25, 0.3) is 0 Å². The molecule has 1 aliphatic carbocycles. The highest BCUT2D eigenvalue weighted by atomic mass is 32.2. The molecular formula is C5H10O2S. The molecule has 8 heavy (non-hydrogen) atoms. The van der Waals surface area contributed by atoms with Gasteiger partial charge in [0.15, 0.2) is 0 Å². The van der Waals surface area contributed by atoms with Crippen molar-refractivity contribution in [1.82, 2.24) is 0 Å². The fraction of sp³-hybridized carbons (Fsp3) is 1.00. The van der Waals surface area contributed by atoms with Gasteiger partial charge in [0, 0.05) is 6.26 Å². The molecule has 0 aromatic carbocycles. The average molecular weight is 134 g/mol. The first-order valence-corrected chi connectivity index (χ1v) is 4.75. The first-order chi connectivity index (χ1) is 3.61. The van der Waals surface area contributed by atoms with Gasteiger partial charge in [0.2, 0.25) is 0 Å². The largest absolute Gasteiger partial charge is 0.229 e. The van der Waals surface area contributed by atoms with Gasteiger partial charge >= 0.3 is 0 Å². The van der Waals surface area contributed by atoms with E-state index in [0.29, 0.717) is 0 Å². The lowest BCUT2D eigenvalue weighted by Crippen LogP contribution is -2.26. The van der Waals surface area contributed by atoms with Crippen molar-refractivity contribution < 1.29 is 8.42 Å². The van der Waals surface area contributed by atoms with Crippen LogP contribution < -0.4 is 0 Å². The van der Waals surface area contributed by atoms with E-state index in [1.807, 2.05) is 0 Å². The molecule has 1 fully saturated rings. The molecular weight excluding hydrogens is 124 g/mol. The van der Waals surface area contributed by atoms with Gasteiger partial charge in [-0.05, 0) is 12.8 Å². The first kappa shape index (κ1) is 6.08. The maximum Gasteiger partial charge on any atom is 0.150 e. The Morgan fingerprint density at radius 2 is 1.88 bits per heavy atom. The summed E-state index contributed by atoms with van der Waals surface area (Å²) in [6.07, 6.45) is 4.19. The fourth-order valence-electron chi connectivity index (χ4n) is 0.799. The Morgan fingerprint density at radius 1 is 1.38 bits per heavy atom. The number of hydrogen-bond donors (Lipinski definition) is 0. The van der Waals surface area contributed by atoms with Crippen molar-refractivity contribution in [3.05, 3.63) is 0 Å². The van der Waals surface area contributed by atoms with Crippen molar-refractivity contribution in [2.24, 2.45) is 0 Å². The standard InChI is InChI=1S/C5H10O2S/c1-8(6,7)5-3-2-4-5/h5H,2-4H2,1H3. The Kier molecular flexibility index (Phi) is 1.31. The van der Waals surface area contributed by atoms with Crippen molar-refractivity contribution in [2.45, 2.75) is 24.5 Å². The second-order valence-corrected chi connectivity index (χ2v) is 4.71. The molecule has 0 saturated heterocycles. The molecule has 0 atom stereocenters. The average Bonchev–Trinajstić information content (AvgIpc) is 1.16. The van der Waals surface area contributed by atoms with E-state index in [-0.39, 0.29) is 5.25 Å². The lowest BCUT2D eigenvalue weighted by molar-refractivity contribution is 0.480. The molecule has 0 unspecified atom stereocenters. The maximum absolute atomic E-state index is 10.6. The summed E-state index contributed by atoms with van der Waals surface area (Å²) in [6.45, 7) is 0. The summed E-state index contributed by atoms with van der Waals surface area (Å²) in [5.41, 5.74) is 0. The lowest BCUT2D eigenvalue weighted by atomic mass is 10.0. The molecule has 1 aliphatic rings. The summed E-state index contributed by atoms with van der Waals surface area (Å²) >= 11 is 0. The van der Waals surface area contributed by atoms with Crippen LogP contribution in [0.15, 0.2) is 0 Å². The summed E-state index contributed by atoms with van der Waals surface area (Å²) < 4.78 is 21.2. The normalized spacial score (nSPS) is 22.6. The molecule has 0 amide bonds. The number of sulfone groups is 1. The van der Waals surface area contributed by atoms with Gasteiger partial charge in [-0.3, -0.25) is 0 Å². The molecule has 48 valence electrons. The van der Waals surface area contributed by atoms with Crippen molar-refractivity contribution in [3.8, 4) is 0 Å². The number of rotatable bonds is 1. The zero-order chi connectivity index (χ0) is 6.20. The maximum atomic E-state index is 10.6. The smallest absolute Gasteiger partial charge is 0.150 e. The van der Waals surface area contributed by atoms with Crippen molar-refractivity contribution in [3.63, 3.8) is 0 Å². The molecule has 0 N–H and O–H groups in total. The Hall–Kier alpha value is -0.0500. The zero-order valence-electron chi connectivity index (χ0n) is 4.92. The van der Waals surface area contributed by atoms with Crippen molar-refractivity contribution in [2.75, 3.05) is 6.26 Å². The van der Waals surface area contributed by atoms with E-state index in [0.717, 1.165) is 19.3 Å². The van der Waals surface area contributed by atoms with Gasteiger partial charge in [0.1, 0.15) is 9.84 Å². The second kappa shape index (κ2) is 1.72. The Labute approximate surface area is 49.8 Å². The van der Waals surface area contributed by atoms with E-state index >= 15 is 0 Å². The van der Waals surface area contributed by atoms with E-state index in [4.69, 9.17) is 0 Å². The van der Waals surface area contributed by atoms with Crippen LogP contribution in [0.4, 0.5) is 0 Å². The predicted octanol–water partition coefficient (Wildman–Crippen LogP) is 0.584. The third-order valence-electron chi connectivity index (χ3n) is 1.66. The van der Waals surface area contributed by atoms with E-state index in [1.165, 1.54) is 6.26 Å². The summed E-state index contributed by atoms with van der Waals surface area (Å²) in [5, 5.41) is 0.00231.